The van der Waals surface area contributed by atoms with E-state index in [0.717, 1.165) is 168 Å². The number of aromatic nitrogens is 10. The van der Waals surface area contributed by atoms with Crippen molar-refractivity contribution in [1.29, 1.82) is 0 Å². The van der Waals surface area contributed by atoms with Gasteiger partial charge in [-0.3, -0.25) is 49.5 Å². The van der Waals surface area contributed by atoms with Crippen molar-refractivity contribution in [2.75, 3.05) is 7.11 Å². The van der Waals surface area contributed by atoms with E-state index in [4.69, 9.17) is 9.84 Å². The number of Topliss-reactive ketones (excluding diaryl/α,β-unsaturated/α-hetero) is 4. The number of carbonyl (C=O) groups is 5. The summed E-state index contributed by atoms with van der Waals surface area (Å²) in [6.07, 6.45) is 13.4. The zero-order chi connectivity index (χ0) is 84.8. The molecule has 9 N–H and O–H groups in total. The van der Waals surface area contributed by atoms with Gasteiger partial charge in [-0.1, -0.05) is 206 Å². The Kier molecular flexibility index (Phi) is 25.3. The van der Waals surface area contributed by atoms with Crippen molar-refractivity contribution in [3.8, 4) is 62.0 Å². The van der Waals surface area contributed by atoms with Gasteiger partial charge < -0.3 is 25.2 Å². The first-order chi connectivity index (χ1) is 59.4. The highest BCUT2D eigenvalue weighted by Gasteiger charge is 2.28. The van der Waals surface area contributed by atoms with Crippen LogP contribution in [0.15, 0.2) is 289 Å². The minimum Gasteiger partial charge on any atom is -0.497 e. The van der Waals surface area contributed by atoms with Crippen molar-refractivity contribution in [3.63, 3.8) is 0 Å². The topological polar surface area (TPSA) is 319 Å². The average Bonchev–Trinajstić information content (AvgIpc) is 1.66. The molecule has 0 amide bonds. The lowest BCUT2D eigenvalue weighted by atomic mass is 10.0. The van der Waals surface area contributed by atoms with Crippen LogP contribution in [-0.4, -0.2) is 107 Å². The lowest BCUT2D eigenvalue weighted by Crippen LogP contribution is -1.94. The van der Waals surface area contributed by atoms with Gasteiger partial charge in [0.05, 0.1) is 90.5 Å². The number of hydrogen-bond acceptors (Lipinski definition) is 15. The van der Waals surface area contributed by atoms with Gasteiger partial charge in [0.25, 0.3) is 0 Å². The number of aromatic amines is 5. The second kappa shape index (κ2) is 37.7. The maximum atomic E-state index is 12.5. The van der Waals surface area contributed by atoms with Gasteiger partial charge in [-0.05, 0) is 174 Å². The average molecular weight is 1610 g/mol. The van der Waals surface area contributed by atoms with Crippen LogP contribution in [0.3, 0.4) is 0 Å². The number of allylic oxidation sites excluding steroid dienone is 5. The summed E-state index contributed by atoms with van der Waals surface area (Å²) in [5.74, 6) is 0.987. The van der Waals surface area contributed by atoms with Crippen molar-refractivity contribution in [3.05, 3.63) is 407 Å². The zero-order valence-corrected chi connectivity index (χ0v) is 67.4. The highest BCUT2D eigenvalue weighted by Crippen LogP contribution is 2.35. The number of rotatable bonds is 17. The molecular formula is C102H86N10O10. The third-order valence-corrected chi connectivity index (χ3v) is 21.6. The number of benzene rings is 10. The fourth-order valence-electron chi connectivity index (χ4n) is 14.8. The van der Waals surface area contributed by atoms with E-state index in [-0.39, 0.29) is 55.3 Å². The van der Waals surface area contributed by atoms with Crippen molar-refractivity contribution in [2.24, 2.45) is 0 Å². The molecule has 0 spiro atoms. The van der Waals surface area contributed by atoms with Gasteiger partial charge in [0.2, 0.25) is 0 Å². The summed E-state index contributed by atoms with van der Waals surface area (Å²) in [7, 11) is 1.59. The van der Waals surface area contributed by atoms with E-state index in [0.29, 0.717) is 48.1 Å². The first kappa shape index (κ1) is 82.1. The number of carbonyl (C=O) groups excluding carboxylic acids is 5. The molecule has 0 fully saturated rings. The quantitative estimate of drug-likeness (QED) is 0.0302. The van der Waals surface area contributed by atoms with Crippen LogP contribution < -0.4 is 4.74 Å². The Morgan fingerprint density at radius 1 is 0.344 bits per heavy atom. The number of aryl methyl sites for hydroxylation is 3. The highest BCUT2D eigenvalue weighted by atomic mass is 16.5. The first-order valence-corrected chi connectivity index (χ1v) is 39.8. The molecule has 5 heterocycles. The molecule has 0 bridgehead atoms. The SMILES string of the molecule is COc1cc(CO)cc(-c2cc(/C=C3\Cc4ccccc4C3=O)[nH]n2)c1.Cc1ccc(C(=O)/C=C/c2cc(-c3ccc(C)c(C)c3)n[nH]2)cc1.O=C1/C(=C/c2cc(-c3ccc(CO)c(CO)c3)n[nH]2)Cc2ccccc21.O=C1/C(=C/c2cc(-c3ccc(CO)cc3)n[nH]2)Cc2ccccc21.O=C1/C(=C/c2cc(-c3ccccc3)n[nH]2)Cc2ccccc21. The predicted octanol–water partition coefficient (Wildman–Crippen LogP) is 18.5. The van der Waals surface area contributed by atoms with E-state index in [9.17, 15) is 39.3 Å². The van der Waals surface area contributed by atoms with E-state index in [2.05, 4.69) is 83.0 Å². The van der Waals surface area contributed by atoms with Crippen molar-refractivity contribution in [1.82, 2.24) is 51.0 Å². The molecule has 4 aliphatic rings. The third kappa shape index (κ3) is 19.2. The predicted molar refractivity (Wildman–Crippen MR) is 474 cm³/mol. The molecule has 0 radical (unpaired) electrons. The molecule has 10 aromatic carbocycles. The third-order valence-electron chi connectivity index (χ3n) is 21.6. The van der Waals surface area contributed by atoms with Crippen LogP contribution in [-0.2, 0) is 52.1 Å². The Hall–Kier alpha value is -15.1. The molecule has 20 heteroatoms. The molecule has 19 rings (SSSR count). The molecule has 0 saturated heterocycles. The van der Waals surface area contributed by atoms with Gasteiger partial charge in [0, 0.05) is 104 Å². The number of H-pyrrole nitrogens is 5. The van der Waals surface area contributed by atoms with Gasteiger partial charge >= 0.3 is 0 Å². The zero-order valence-electron chi connectivity index (χ0n) is 67.4. The van der Waals surface area contributed by atoms with Crippen molar-refractivity contribution >= 4 is 59.3 Å². The number of ketones is 5. The van der Waals surface area contributed by atoms with Crippen LogP contribution in [0, 0.1) is 20.8 Å². The smallest absolute Gasteiger partial charge is 0.189 e. The summed E-state index contributed by atoms with van der Waals surface area (Å²) in [5.41, 5.74) is 30.7. The molecule has 122 heavy (non-hydrogen) atoms. The number of nitrogens with zero attached hydrogens (tertiary/aromatic N) is 5. The molecule has 5 aromatic heterocycles. The Morgan fingerprint density at radius 3 is 1.14 bits per heavy atom. The Balaban J connectivity index is 0.000000119. The molecule has 0 saturated carbocycles. The number of aliphatic hydroxyl groups is 4. The molecular weight excluding hydrogens is 1530 g/mol. The van der Waals surface area contributed by atoms with Gasteiger partial charge in [-0.25, -0.2) is 0 Å². The number of fused-ring (bicyclic) bond motifs is 4. The second-order valence-electron chi connectivity index (χ2n) is 30.0. The van der Waals surface area contributed by atoms with Crippen LogP contribution in [0.2, 0.25) is 0 Å². The first-order valence-electron chi connectivity index (χ1n) is 39.8. The van der Waals surface area contributed by atoms with Gasteiger partial charge in [-0.2, -0.15) is 25.5 Å². The lowest BCUT2D eigenvalue weighted by Gasteiger charge is -2.06. The minimum absolute atomic E-state index is 0.0164. The number of hydrogen-bond donors (Lipinski definition) is 9. The van der Waals surface area contributed by atoms with Gasteiger partial charge in [0.15, 0.2) is 28.9 Å². The largest absolute Gasteiger partial charge is 0.497 e. The summed E-state index contributed by atoms with van der Waals surface area (Å²) in [6, 6.07) is 82.8. The molecule has 0 aliphatic heterocycles. The Morgan fingerprint density at radius 2 is 0.721 bits per heavy atom. The minimum atomic E-state index is -0.141. The fraction of sp³-hybridized carbons (Fsp3) is 0.118. The number of methoxy groups -OCH3 is 1. The van der Waals surface area contributed by atoms with E-state index in [1.54, 1.807) is 31.4 Å². The van der Waals surface area contributed by atoms with E-state index in [1.807, 2.05) is 262 Å². The van der Waals surface area contributed by atoms with Crippen molar-refractivity contribution in [2.45, 2.75) is 72.9 Å². The molecule has 4 aliphatic carbocycles. The molecule has 0 unspecified atom stereocenters. The summed E-state index contributed by atoms with van der Waals surface area (Å²) in [4.78, 5) is 61.9. The monoisotopic (exact) mass is 1610 g/mol. The molecule has 0 atom stereocenters. The van der Waals surface area contributed by atoms with Gasteiger partial charge in [-0.15, -0.1) is 0 Å². The highest BCUT2D eigenvalue weighted by molar-refractivity contribution is 6.18. The van der Waals surface area contributed by atoms with E-state index >= 15 is 0 Å². The van der Waals surface area contributed by atoms with Crippen LogP contribution in [0.25, 0.3) is 86.7 Å². The van der Waals surface area contributed by atoms with Gasteiger partial charge in [0.1, 0.15) is 5.75 Å². The standard InChI is InChI=1S/2C21H18N2O3.C21H20N2O.C20H16N2O2.C19H14N2O/c1-26-18-7-13(12-24)6-15(10-18)20-11-17(22-23-20)9-16-8-14-4-2-3-5-19(14)21(16)25;24-11-15-6-5-14(8-17(15)12-25)20-10-18(22-23-20)9-16-7-13-3-1-2-4-19(13)21(16)26;1-14-4-7-17(8-5-14)21(24)11-10-19-13-20(23-22-19)18-9-6-15(2)16(3)12-18;23-12-13-5-7-14(8-6-13)19-11-17(21-22-19)10-16-9-15-3-1-2-4-18(15)20(16)24;22-19-15(10-14-8-4-5-9-17(14)19)11-16-12-18(21-20-16)13-6-2-1-3-7-13/h2-7,9-11,24H,8,12H2,1H3,(H,22,23);1-6,8-10,24-25H,7,11-12H2,(H,22,23);4-13H,1-3H3,(H,22,23);1-8,10-11,23H,9,12H2,(H,21,22);1-9,11-12H,10H2,(H,20,21)/b2*16-9+;11-10+;16-10+;15-11+. The summed E-state index contributed by atoms with van der Waals surface area (Å²) >= 11 is 0. The summed E-state index contributed by atoms with van der Waals surface area (Å²) in [6.45, 7) is 5.89. The lowest BCUT2D eigenvalue weighted by molar-refractivity contribution is 0.103. The van der Waals surface area contributed by atoms with Crippen molar-refractivity contribution < 1.29 is 49.1 Å². The van der Waals surface area contributed by atoms with E-state index in [1.165, 1.54) is 11.1 Å². The van der Waals surface area contributed by atoms with E-state index < -0.39 is 0 Å². The van der Waals surface area contributed by atoms with Crippen LogP contribution in [0.1, 0.15) is 141 Å². The maximum Gasteiger partial charge on any atom is 0.189 e. The summed E-state index contributed by atoms with van der Waals surface area (Å²) in [5, 5.41) is 73.7. The number of nitrogens with one attached hydrogen (secondary N) is 5. The molecule has 604 valence electrons. The second-order valence-corrected chi connectivity index (χ2v) is 30.0. The van der Waals surface area contributed by atoms with Crippen LogP contribution >= 0.6 is 0 Å². The summed E-state index contributed by atoms with van der Waals surface area (Å²) < 4.78 is 5.28. The molecule has 15 aromatic rings. The normalized spacial score (nSPS) is 14.2. The number of ether oxygens (including phenoxy) is 1. The number of aliphatic hydroxyl groups excluding tert-OH is 4. The Labute approximate surface area is 704 Å². The Bertz CT molecular complexity index is 6560. The molecule has 20 nitrogen and oxygen atoms in total. The van der Waals surface area contributed by atoms with Crippen LogP contribution in [0.5, 0.6) is 5.75 Å². The van der Waals surface area contributed by atoms with Crippen LogP contribution in [0.4, 0.5) is 0 Å². The maximum absolute atomic E-state index is 12.5. The fourth-order valence-corrected chi connectivity index (χ4v) is 14.8.